The third kappa shape index (κ3) is 4.79. The lowest BCUT2D eigenvalue weighted by Gasteiger charge is -2.12. The molecule has 168 valence electrons. The van der Waals surface area contributed by atoms with E-state index in [4.69, 9.17) is 4.74 Å². The molecule has 1 aliphatic heterocycles. The molecule has 2 N–H and O–H groups in total. The molecular weight excluding hydrogens is 420 g/mol. The molecule has 1 fully saturated rings. The maximum atomic E-state index is 12.8. The number of nitrogens with zero attached hydrogens (tertiary/aromatic N) is 2. The van der Waals surface area contributed by atoms with E-state index in [1.165, 1.54) is 0 Å². The molecule has 8 nitrogen and oxygen atoms in total. The third-order valence-electron chi connectivity index (χ3n) is 5.26. The lowest BCUT2D eigenvalue weighted by Crippen LogP contribution is -2.38. The van der Waals surface area contributed by atoms with Crippen LogP contribution in [0.4, 0.5) is 10.5 Å². The summed E-state index contributed by atoms with van der Waals surface area (Å²) in [5, 5.41) is 5.26. The average Bonchev–Trinajstić information content (AvgIpc) is 3.28. The number of hydrogen-bond donors (Lipinski definition) is 2. The first-order chi connectivity index (χ1) is 15.8. The zero-order valence-corrected chi connectivity index (χ0v) is 18.6. The van der Waals surface area contributed by atoms with E-state index in [2.05, 4.69) is 10.6 Å². The first-order valence-electron chi connectivity index (χ1n) is 10.4. The van der Waals surface area contributed by atoms with Crippen LogP contribution in [0, 0.1) is 13.8 Å². The molecule has 3 aromatic rings. The Bertz CT molecular complexity index is 1260. The number of urea groups is 1. The number of aryl methyl sites for hydroxylation is 2. The summed E-state index contributed by atoms with van der Waals surface area (Å²) >= 11 is 0. The van der Waals surface area contributed by atoms with Crippen LogP contribution in [0.5, 0.6) is 5.75 Å². The monoisotopic (exact) mass is 444 g/mol. The van der Waals surface area contributed by atoms with Crippen molar-refractivity contribution >= 4 is 29.6 Å². The maximum Gasteiger partial charge on any atom is 0.329 e. The highest BCUT2D eigenvalue weighted by Gasteiger charge is 2.35. The Morgan fingerprint density at radius 1 is 1.09 bits per heavy atom. The SMILES string of the molecule is COc1ccc(-n2cc(/C=C3/NC(=O)N(CC(=O)Nc4cccc(C)c4)C3=O)cc2C)cc1. The van der Waals surface area contributed by atoms with Gasteiger partial charge in [0.2, 0.25) is 5.91 Å². The van der Waals surface area contributed by atoms with Gasteiger partial charge in [0.15, 0.2) is 0 Å². The molecular formula is C25H24N4O4. The molecule has 0 atom stereocenters. The number of carbonyl (C=O) groups excluding carboxylic acids is 3. The topological polar surface area (TPSA) is 92.7 Å². The predicted molar refractivity (Wildman–Crippen MR) is 125 cm³/mol. The van der Waals surface area contributed by atoms with Crippen LogP contribution in [0.15, 0.2) is 66.5 Å². The molecule has 0 spiro atoms. The Morgan fingerprint density at radius 3 is 2.55 bits per heavy atom. The predicted octanol–water partition coefficient (Wildman–Crippen LogP) is 3.63. The van der Waals surface area contributed by atoms with E-state index in [-0.39, 0.29) is 12.2 Å². The molecule has 0 aliphatic carbocycles. The largest absolute Gasteiger partial charge is 0.497 e. The summed E-state index contributed by atoms with van der Waals surface area (Å²) in [6.07, 6.45) is 3.47. The van der Waals surface area contributed by atoms with E-state index in [0.29, 0.717) is 5.69 Å². The van der Waals surface area contributed by atoms with Gasteiger partial charge in [-0.15, -0.1) is 0 Å². The Kier molecular flexibility index (Phi) is 5.99. The number of methoxy groups -OCH3 is 1. The number of ether oxygens (including phenoxy) is 1. The molecule has 1 saturated heterocycles. The highest BCUT2D eigenvalue weighted by Crippen LogP contribution is 2.21. The van der Waals surface area contributed by atoms with E-state index in [1.54, 1.807) is 19.3 Å². The second kappa shape index (κ2) is 9.04. The highest BCUT2D eigenvalue weighted by molar-refractivity contribution is 6.15. The van der Waals surface area contributed by atoms with Crippen molar-refractivity contribution in [1.29, 1.82) is 0 Å². The number of nitrogens with one attached hydrogen (secondary N) is 2. The fraction of sp³-hybridized carbons (Fsp3) is 0.160. The van der Waals surface area contributed by atoms with Crippen LogP contribution >= 0.6 is 0 Å². The quantitative estimate of drug-likeness (QED) is 0.449. The Balaban J connectivity index is 1.48. The number of benzene rings is 2. The van der Waals surface area contributed by atoms with Crippen LogP contribution in [0.25, 0.3) is 11.8 Å². The molecule has 0 radical (unpaired) electrons. The minimum atomic E-state index is -0.628. The molecule has 0 unspecified atom stereocenters. The van der Waals surface area contributed by atoms with Crippen molar-refractivity contribution < 1.29 is 19.1 Å². The first kappa shape index (κ1) is 21.9. The average molecular weight is 444 g/mol. The normalized spacial score (nSPS) is 14.5. The molecule has 0 saturated carbocycles. The van der Waals surface area contributed by atoms with E-state index in [9.17, 15) is 14.4 Å². The number of carbonyl (C=O) groups is 3. The molecule has 4 rings (SSSR count). The first-order valence-corrected chi connectivity index (χ1v) is 10.4. The van der Waals surface area contributed by atoms with Gasteiger partial charge in [-0.05, 0) is 73.5 Å². The third-order valence-corrected chi connectivity index (χ3v) is 5.26. The second-order valence-electron chi connectivity index (χ2n) is 7.78. The molecule has 8 heteroatoms. The van der Waals surface area contributed by atoms with Crippen LogP contribution in [0.1, 0.15) is 16.8 Å². The fourth-order valence-corrected chi connectivity index (χ4v) is 3.65. The molecule has 33 heavy (non-hydrogen) atoms. The van der Waals surface area contributed by atoms with Crippen molar-refractivity contribution in [2.24, 2.45) is 0 Å². The van der Waals surface area contributed by atoms with Gasteiger partial charge in [0.05, 0.1) is 7.11 Å². The molecule has 2 heterocycles. The lowest BCUT2D eigenvalue weighted by molar-refractivity contribution is -0.127. The highest BCUT2D eigenvalue weighted by atomic mass is 16.5. The summed E-state index contributed by atoms with van der Waals surface area (Å²) in [5.41, 5.74) is 4.36. The molecule has 2 aromatic carbocycles. The summed E-state index contributed by atoms with van der Waals surface area (Å²) in [6.45, 7) is 3.48. The van der Waals surface area contributed by atoms with Crippen LogP contribution in [0.3, 0.4) is 0 Å². The molecule has 1 aliphatic rings. The van der Waals surface area contributed by atoms with Gasteiger partial charge in [-0.1, -0.05) is 12.1 Å². The van der Waals surface area contributed by atoms with Crippen molar-refractivity contribution in [3.8, 4) is 11.4 Å². The number of rotatable bonds is 6. The fourth-order valence-electron chi connectivity index (χ4n) is 3.65. The summed E-state index contributed by atoms with van der Waals surface area (Å²) in [5.74, 6) is -0.238. The van der Waals surface area contributed by atoms with E-state index in [1.807, 2.05) is 73.1 Å². The zero-order valence-electron chi connectivity index (χ0n) is 18.6. The number of hydrogen-bond acceptors (Lipinski definition) is 4. The van der Waals surface area contributed by atoms with Gasteiger partial charge in [-0.2, -0.15) is 0 Å². The number of aromatic nitrogens is 1. The summed E-state index contributed by atoms with van der Waals surface area (Å²) in [4.78, 5) is 38.4. The van der Waals surface area contributed by atoms with Crippen molar-refractivity contribution in [1.82, 2.24) is 14.8 Å². The number of imide groups is 1. The van der Waals surface area contributed by atoms with Crippen molar-refractivity contribution in [3.63, 3.8) is 0 Å². The van der Waals surface area contributed by atoms with Crippen molar-refractivity contribution in [3.05, 3.63) is 83.3 Å². The Hall–Kier alpha value is -4.33. The van der Waals surface area contributed by atoms with Crippen LogP contribution in [0.2, 0.25) is 0 Å². The summed E-state index contributed by atoms with van der Waals surface area (Å²) in [7, 11) is 1.61. The van der Waals surface area contributed by atoms with Gasteiger partial charge < -0.3 is 19.9 Å². The summed E-state index contributed by atoms with van der Waals surface area (Å²) in [6, 6.07) is 16.2. The minimum absolute atomic E-state index is 0.121. The van der Waals surface area contributed by atoms with E-state index in [0.717, 1.165) is 33.2 Å². The van der Waals surface area contributed by atoms with Gasteiger partial charge >= 0.3 is 6.03 Å². The van der Waals surface area contributed by atoms with Crippen LogP contribution < -0.4 is 15.4 Å². The lowest BCUT2D eigenvalue weighted by atomic mass is 10.2. The van der Waals surface area contributed by atoms with Crippen LogP contribution in [-0.4, -0.2) is 41.0 Å². The molecule has 4 amide bonds. The van der Waals surface area contributed by atoms with Crippen LogP contribution in [-0.2, 0) is 9.59 Å². The minimum Gasteiger partial charge on any atom is -0.497 e. The standard InChI is InChI=1S/C25H24N4O4/c1-16-5-4-6-19(11-16)26-23(30)15-29-24(31)22(27-25(29)32)13-18-12-17(2)28(14-18)20-7-9-21(33-3)10-8-20/h4-14H,15H2,1-3H3,(H,26,30)(H,27,32)/b22-13+. The van der Waals surface area contributed by atoms with E-state index < -0.39 is 17.8 Å². The molecule has 0 bridgehead atoms. The maximum absolute atomic E-state index is 12.8. The van der Waals surface area contributed by atoms with Crippen molar-refractivity contribution in [2.45, 2.75) is 13.8 Å². The van der Waals surface area contributed by atoms with Gasteiger partial charge in [0.1, 0.15) is 18.0 Å². The van der Waals surface area contributed by atoms with Gasteiger partial charge in [0.25, 0.3) is 5.91 Å². The number of amides is 4. The van der Waals surface area contributed by atoms with Crippen molar-refractivity contribution in [2.75, 3.05) is 19.0 Å². The zero-order chi connectivity index (χ0) is 23.5. The molecule has 1 aromatic heterocycles. The smallest absolute Gasteiger partial charge is 0.329 e. The Labute approximate surface area is 191 Å². The Morgan fingerprint density at radius 2 is 1.85 bits per heavy atom. The van der Waals surface area contributed by atoms with Gasteiger partial charge in [0, 0.05) is 23.3 Å². The number of anilines is 1. The second-order valence-corrected chi connectivity index (χ2v) is 7.78. The van der Waals surface area contributed by atoms with E-state index >= 15 is 0 Å². The summed E-state index contributed by atoms with van der Waals surface area (Å²) < 4.78 is 7.17. The van der Waals surface area contributed by atoms with Gasteiger partial charge in [-0.3, -0.25) is 9.59 Å². The van der Waals surface area contributed by atoms with Gasteiger partial charge in [-0.25, -0.2) is 9.69 Å².